The van der Waals surface area contributed by atoms with Crippen molar-refractivity contribution in [2.45, 2.75) is 0 Å². The Hall–Kier alpha value is -3.62. The second-order valence-corrected chi connectivity index (χ2v) is 7.57. The maximum absolute atomic E-state index is 9.65. The van der Waals surface area contributed by atoms with E-state index in [1.807, 2.05) is 54.6 Å². The Balaban J connectivity index is 1.79. The van der Waals surface area contributed by atoms with E-state index < -0.39 is 0 Å². The zero-order valence-corrected chi connectivity index (χ0v) is 17.8. The Kier molecular flexibility index (Phi) is 5.51. The highest BCUT2D eigenvalue weighted by Gasteiger charge is 2.15. The number of halogens is 1. The molecule has 5 heteroatoms. The van der Waals surface area contributed by atoms with Crippen molar-refractivity contribution in [2.75, 3.05) is 12.8 Å². The van der Waals surface area contributed by atoms with E-state index in [9.17, 15) is 5.26 Å². The van der Waals surface area contributed by atoms with Gasteiger partial charge in [0.1, 0.15) is 23.2 Å². The summed E-state index contributed by atoms with van der Waals surface area (Å²) in [5, 5.41) is 9.65. The van der Waals surface area contributed by atoms with Crippen LogP contribution in [0.3, 0.4) is 0 Å². The number of nitrogen functional groups attached to an aromatic ring is 1. The highest BCUT2D eigenvalue weighted by atomic mass is 79.9. The zero-order valence-electron chi connectivity index (χ0n) is 16.3. The first-order valence-electron chi connectivity index (χ1n) is 9.31. The number of nitrogens with two attached hydrogens (primary N) is 1. The maximum Gasteiger partial charge on any atom is 0.142 e. The van der Waals surface area contributed by atoms with Gasteiger partial charge in [0.05, 0.1) is 17.3 Å². The molecule has 4 aromatic rings. The first-order chi connectivity index (χ1) is 14.6. The molecule has 0 unspecified atom stereocenters. The molecule has 0 aliphatic heterocycles. The maximum atomic E-state index is 9.65. The van der Waals surface area contributed by atoms with Gasteiger partial charge in [0.25, 0.3) is 0 Å². The summed E-state index contributed by atoms with van der Waals surface area (Å²) in [4.78, 5) is 4.48. The number of hydrogen-bond acceptors (Lipinski definition) is 4. The lowest BCUT2D eigenvalue weighted by molar-refractivity contribution is 0.412. The Morgan fingerprint density at radius 3 is 2.13 bits per heavy atom. The molecular formula is C25H18BrN3O. The predicted molar refractivity (Wildman–Crippen MR) is 124 cm³/mol. The van der Waals surface area contributed by atoms with Gasteiger partial charge in [-0.15, -0.1) is 0 Å². The van der Waals surface area contributed by atoms with Crippen LogP contribution in [-0.4, -0.2) is 12.1 Å². The quantitative estimate of drug-likeness (QED) is 0.391. The molecule has 0 spiro atoms. The van der Waals surface area contributed by atoms with Crippen molar-refractivity contribution in [3.05, 3.63) is 88.9 Å². The smallest absolute Gasteiger partial charge is 0.142 e. The molecule has 2 N–H and O–H groups in total. The van der Waals surface area contributed by atoms with Gasteiger partial charge in [-0.05, 0) is 50.8 Å². The van der Waals surface area contributed by atoms with Crippen molar-refractivity contribution < 1.29 is 4.74 Å². The molecule has 1 aromatic heterocycles. The molecule has 0 saturated carbocycles. The third kappa shape index (κ3) is 3.78. The first-order valence-corrected chi connectivity index (χ1v) is 10.1. The topological polar surface area (TPSA) is 71.9 Å². The molecule has 3 aromatic carbocycles. The van der Waals surface area contributed by atoms with E-state index in [-0.39, 0.29) is 5.82 Å². The van der Waals surface area contributed by atoms with E-state index in [1.165, 1.54) is 0 Å². The molecule has 30 heavy (non-hydrogen) atoms. The number of nitrogens with zero attached hydrogens (tertiary/aromatic N) is 2. The molecule has 4 nitrogen and oxygen atoms in total. The summed E-state index contributed by atoms with van der Waals surface area (Å²) in [6.45, 7) is 0. The molecule has 4 rings (SSSR count). The number of rotatable bonds is 4. The number of ether oxygens (including phenoxy) is 1. The van der Waals surface area contributed by atoms with Crippen molar-refractivity contribution in [3.8, 4) is 45.3 Å². The monoisotopic (exact) mass is 455 g/mol. The third-order valence-corrected chi connectivity index (χ3v) is 5.53. The normalized spacial score (nSPS) is 10.4. The third-order valence-electron chi connectivity index (χ3n) is 4.91. The van der Waals surface area contributed by atoms with Gasteiger partial charge in [-0.1, -0.05) is 60.7 Å². The van der Waals surface area contributed by atoms with E-state index in [0.717, 1.165) is 38.0 Å². The summed E-state index contributed by atoms with van der Waals surface area (Å²) in [6, 6.07) is 28.1. The second kappa shape index (κ2) is 8.40. The molecule has 0 radical (unpaired) electrons. The van der Waals surface area contributed by atoms with Crippen LogP contribution in [0.1, 0.15) is 5.56 Å². The van der Waals surface area contributed by atoms with Gasteiger partial charge in [-0.25, -0.2) is 4.98 Å². The number of methoxy groups -OCH3 is 1. The Morgan fingerprint density at radius 1 is 0.867 bits per heavy atom. The van der Waals surface area contributed by atoms with Crippen LogP contribution in [0.4, 0.5) is 5.82 Å². The minimum atomic E-state index is 0.212. The number of anilines is 1. The minimum absolute atomic E-state index is 0.212. The van der Waals surface area contributed by atoms with Crippen LogP contribution in [0.15, 0.2) is 83.3 Å². The van der Waals surface area contributed by atoms with Crippen LogP contribution >= 0.6 is 15.9 Å². The van der Waals surface area contributed by atoms with Crippen LogP contribution in [-0.2, 0) is 0 Å². The Morgan fingerprint density at radius 2 is 1.50 bits per heavy atom. The zero-order chi connectivity index (χ0) is 21.1. The number of pyridine rings is 1. The van der Waals surface area contributed by atoms with E-state index >= 15 is 0 Å². The number of aromatic nitrogens is 1. The van der Waals surface area contributed by atoms with Crippen LogP contribution in [0.5, 0.6) is 5.75 Å². The van der Waals surface area contributed by atoms with Gasteiger partial charge in [-0.2, -0.15) is 5.26 Å². The van der Waals surface area contributed by atoms with Crippen LogP contribution in [0.25, 0.3) is 33.5 Å². The van der Waals surface area contributed by atoms with Gasteiger partial charge in [0.2, 0.25) is 0 Å². The number of benzene rings is 3. The molecular weight excluding hydrogens is 438 g/mol. The molecule has 0 bridgehead atoms. The largest absolute Gasteiger partial charge is 0.496 e. The van der Waals surface area contributed by atoms with E-state index in [4.69, 9.17) is 10.5 Å². The average Bonchev–Trinajstić information content (AvgIpc) is 2.79. The summed E-state index contributed by atoms with van der Waals surface area (Å²) < 4.78 is 6.11. The van der Waals surface area contributed by atoms with Gasteiger partial charge >= 0.3 is 0 Å². The van der Waals surface area contributed by atoms with Gasteiger partial charge < -0.3 is 10.5 Å². The summed E-state index contributed by atoms with van der Waals surface area (Å²) >= 11 is 3.51. The van der Waals surface area contributed by atoms with E-state index in [2.05, 4.69) is 51.2 Å². The Labute approximate surface area is 183 Å². The SMILES string of the molecule is COc1ccc(-c2cc(-c3ccc(-c4ccccc4)cc3)nc(N)c2C#N)cc1Br. The fourth-order valence-corrected chi connectivity index (χ4v) is 3.90. The molecule has 0 aliphatic rings. The molecule has 0 atom stereocenters. The van der Waals surface area contributed by atoms with Crippen LogP contribution in [0.2, 0.25) is 0 Å². The van der Waals surface area contributed by atoms with E-state index in [1.54, 1.807) is 7.11 Å². The molecule has 0 aliphatic carbocycles. The van der Waals surface area contributed by atoms with Crippen molar-refractivity contribution >= 4 is 21.7 Å². The summed E-state index contributed by atoms with van der Waals surface area (Å²) in [5.41, 5.74) is 12.0. The molecule has 0 fully saturated rings. The Bertz CT molecular complexity index is 1250. The number of nitriles is 1. The van der Waals surface area contributed by atoms with Crippen LogP contribution in [0, 0.1) is 11.3 Å². The van der Waals surface area contributed by atoms with Gasteiger partial charge in [-0.3, -0.25) is 0 Å². The average molecular weight is 456 g/mol. The summed E-state index contributed by atoms with van der Waals surface area (Å²) in [7, 11) is 1.61. The van der Waals surface area contributed by atoms with Gasteiger partial charge in [0.15, 0.2) is 0 Å². The van der Waals surface area contributed by atoms with Crippen molar-refractivity contribution in [2.24, 2.45) is 0 Å². The lowest BCUT2D eigenvalue weighted by atomic mass is 9.97. The summed E-state index contributed by atoms with van der Waals surface area (Å²) in [5.74, 6) is 0.931. The standard InChI is InChI=1S/C25H18BrN3O/c1-30-24-12-11-19(13-22(24)26)20-14-23(29-25(28)21(20)15-27)18-9-7-17(8-10-18)16-5-3-2-4-6-16/h2-14H,1H3,(H2,28,29). The minimum Gasteiger partial charge on any atom is -0.496 e. The lowest BCUT2D eigenvalue weighted by Gasteiger charge is -2.12. The highest BCUT2D eigenvalue weighted by Crippen LogP contribution is 2.35. The van der Waals surface area contributed by atoms with Gasteiger partial charge in [0, 0.05) is 11.1 Å². The fraction of sp³-hybridized carbons (Fsp3) is 0.0400. The molecule has 1 heterocycles. The second-order valence-electron chi connectivity index (χ2n) is 6.72. The number of hydrogen-bond donors (Lipinski definition) is 1. The molecule has 0 saturated heterocycles. The van der Waals surface area contributed by atoms with Crippen molar-refractivity contribution in [1.29, 1.82) is 5.26 Å². The highest BCUT2D eigenvalue weighted by molar-refractivity contribution is 9.10. The fourth-order valence-electron chi connectivity index (χ4n) is 3.36. The van der Waals surface area contributed by atoms with Crippen molar-refractivity contribution in [3.63, 3.8) is 0 Å². The molecule has 0 amide bonds. The van der Waals surface area contributed by atoms with E-state index in [0.29, 0.717) is 11.3 Å². The molecule has 146 valence electrons. The lowest BCUT2D eigenvalue weighted by Crippen LogP contribution is -2.00. The van der Waals surface area contributed by atoms with Crippen molar-refractivity contribution in [1.82, 2.24) is 4.98 Å². The predicted octanol–water partition coefficient (Wildman–Crippen LogP) is 6.31. The summed E-state index contributed by atoms with van der Waals surface area (Å²) in [6.07, 6.45) is 0. The van der Waals surface area contributed by atoms with Crippen LogP contribution < -0.4 is 10.5 Å². The first kappa shape index (κ1) is 19.7.